The van der Waals surface area contributed by atoms with Gasteiger partial charge in [0.05, 0.1) is 23.7 Å². The first-order chi connectivity index (χ1) is 13.9. The highest BCUT2D eigenvalue weighted by molar-refractivity contribution is 7.91. The van der Waals surface area contributed by atoms with Crippen molar-refractivity contribution in [2.24, 2.45) is 0 Å². The van der Waals surface area contributed by atoms with Gasteiger partial charge >= 0.3 is 5.97 Å². The van der Waals surface area contributed by atoms with Crippen LogP contribution in [0.3, 0.4) is 0 Å². The number of carbonyl (C=O) groups excluding carboxylic acids is 2. The molecule has 7 nitrogen and oxygen atoms in total. The largest absolute Gasteiger partial charge is 0.452 e. The van der Waals surface area contributed by atoms with Crippen LogP contribution in [0.1, 0.15) is 27.9 Å². The van der Waals surface area contributed by atoms with Crippen molar-refractivity contribution in [2.45, 2.75) is 25.6 Å². The van der Waals surface area contributed by atoms with Crippen LogP contribution in [-0.4, -0.2) is 54.5 Å². The number of aliphatic hydroxyl groups excluding tert-OH is 1. The summed E-state index contributed by atoms with van der Waals surface area (Å²) >= 11 is 0. The number of nitrogens with zero attached hydrogens (tertiary/aromatic N) is 1. The highest BCUT2D eigenvalue weighted by atomic mass is 32.2. The number of rotatable bonds is 7. The first-order valence-corrected chi connectivity index (χ1v) is 11.1. The zero-order valence-electron chi connectivity index (χ0n) is 15.9. The number of esters is 1. The smallest absolute Gasteiger partial charge is 0.338 e. The lowest BCUT2D eigenvalue weighted by Gasteiger charge is -2.28. The number of aliphatic hydroxyl groups is 1. The molecule has 2 aromatic rings. The molecule has 2 aromatic carbocycles. The summed E-state index contributed by atoms with van der Waals surface area (Å²) in [5, 5.41) is 9.06. The summed E-state index contributed by atoms with van der Waals surface area (Å²) in [5.41, 5.74) is 1.80. The normalized spacial score (nSPS) is 17.6. The van der Waals surface area contributed by atoms with E-state index in [1.54, 1.807) is 12.1 Å². The van der Waals surface area contributed by atoms with Crippen molar-refractivity contribution in [1.29, 1.82) is 0 Å². The lowest BCUT2D eigenvalue weighted by atomic mass is 10.1. The maximum Gasteiger partial charge on any atom is 0.338 e. The van der Waals surface area contributed by atoms with Crippen LogP contribution in [-0.2, 0) is 32.5 Å². The SMILES string of the molecule is O=C(OCC(=O)N(Cc1ccccc1)[C@@H]1CCS(=O)(=O)C1)c1ccc(CO)cc1. The van der Waals surface area contributed by atoms with Gasteiger partial charge in [-0.3, -0.25) is 4.79 Å². The predicted octanol–water partition coefficient (Wildman–Crippen LogP) is 1.55. The van der Waals surface area contributed by atoms with Gasteiger partial charge in [0.15, 0.2) is 16.4 Å². The minimum atomic E-state index is -3.17. The van der Waals surface area contributed by atoms with Gasteiger partial charge in [-0.25, -0.2) is 13.2 Å². The Hall–Kier alpha value is -2.71. The Bertz CT molecular complexity index is 956. The Kier molecular flexibility index (Phi) is 6.66. The van der Waals surface area contributed by atoms with Gasteiger partial charge in [-0.05, 0) is 29.7 Å². The van der Waals surface area contributed by atoms with Gasteiger partial charge in [-0.1, -0.05) is 42.5 Å². The highest BCUT2D eigenvalue weighted by Gasteiger charge is 2.35. The molecule has 1 saturated heterocycles. The molecule has 0 spiro atoms. The lowest BCUT2D eigenvalue weighted by molar-refractivity contribution is -0.137. The summed E-state index contributed by atoms with van der Waals surface area (Å²) in [4.78, 5) is 26.5. The topological polar surface area (TPSA) is 101 Å². The second-order valence-corrected chi connectivity index (χ2v) is 9.22. The van der Waals surface area contributed by atoms with E-state index in [1.165, 1.54) is 17.0 Å². The molecule has 1 heterocycles. The average Bonchev–Trinajstić information content (AvgIpc) is 3.10. The lowest BCUT2D eigenvalue weighted by Crippen LogP contribution is -2.42. The van der Waals surface area contributed by atoms with Crippen LogP contribution in [0.2, 0.25) is 0 Å². The van der Waals surface area contributed by atoms with Crippen LogP contribution in [0.15, 0.2) is 54.6 Å². The van der Waals surface area contributed by atoms with Gasteiger partial charge in [-0.2, -0.15) is 0 Å². The fraction of sp³-hybridized carbons (Fsp3) is 0.333. The molecule has 3 rings (SSSR count). The molecule has 1 N–H and O–H groups in total. The van der Waals surface area contributed by atoms with E-state index >= 15 is 0 Å². The number of sulfone groups is 1. The van der Waals surface area contributed by atoms with E-state index in [9.17, 15) is 18.0 Å². The quantitative estimate of drug-likeness (QED) is 0.686. The molecule has 1 atom stereocenters. The molecular weight excluding hydrogens is 394 g/mol. The Labute approximate surface area is 169 Å². The maximum absolute atomic E-state index is 12.8. The first kappa shape index (κ1) is 21.0. The van der Waals surface area contributed by atoms with Crippen LogP contribution in [0.25, 0.3) is 0 Å². The molecule has 0 aliphatic carbocycles. The van der Waals surface area contributed by atoms with Crippen molar-refractivity contribution < 1.29 is 27.9 Å². The van der Waals surface area contributed by atoms with Gasteiger partial charge < -0.3 is 14.7 Å². The summed E-state index contributed by atoms with van der Waals surface area (Å²) in [5.74, 6) is -1.12. The van der Waals surface area contributed by atoms with Crippen LogP contribution < -0.4 is 0 Å². The van der Waals surface area contributed by atoms with Crippen molar-refractivity contribution >= 4 is 21.7 Å². The number of ether oxygens (including phenoxy) is 1. The molecule has 1 aliphatic rings. The highest BCUT2D eigenvalue weighted by Crippen LogP contribution is 2.20. The van der Waals surface area contributed by atoms with Gasteiger partial charge in [0.2, 0.25) is 0 Å². The first-order valence-electron chi connectivity index (χ1n) is 9.29. The summed E-state index contributed by atoms with van der Waals surface area (Å²) < 4.78 is 28.9. The second kappa shape index (κ2) is 9.19. The molecule has 1 aliphatic heterocycles. The molecular formula is C21H23NO6S. The van der Waals surface area contributed by atoms with Crippen molar-refractivity contribution in [3.63, 3.8) is 0 Å². The summed E-state index contributed by atoms with van der Waals surface area (Å²) in [6, 6.07) is 15.1. The third-order valence-electron chi connectivity index (χ3n) is 4.86. The van der Waals surface area contributed by atoms with E-state index < -0.39 is 34.4 Å². The minimum absolute atomic E-state index is 0.0488. The maximum atomic E-state index is 12.8. The summed E-state index contributed by atoms with van der Waals surface area (Å²) in [7, 11) is -3.17. The zero-order valence-corrected chi connectivity index (χ0v) is 16.7. The van der Waals surface area contributed by atoms with E-state index in [2.05, 4.69) is 0 Å². The van der Waals surface area contributed by atoms with Gasteiger partial charge in [0, 0.05) is 12.6 Å². The van der Waals surface area contributed by atoms with Crippen molar-refractivity contribution in [3.05, 3.63) is 71.3 Å². The molecule has 154 valence electrons. The Morgan fingerprint density at radius 1 is 1.03 bits per heavy atom. The van der Waals surface area contributed by atoms with Crippen LogP contribution >= 0.6 is 0 Å². The molecule has 0 saturated carbocycles. The van der Waals surface area contributed by atoms with Crippen LogP contribution in [0, 0.1) is 0 Å². The van der Waals surface area contributed by atoms with Crippen molar-refractivity contribution in [1.82, 2.24) is 4.90 Å². The molecule has 0 bridgehead atoms. The molecule has 29 heavy (non-hydrogen) atoms. The third-order valence-corrected chi connectivity index (χ3v) is 6.61. The molecule has 1 amide bonds. The number of hydrogen-bond donors (Lipinski definition) is 1. The van der Waals surface area contributed by atoms with Crippen molar-refractivity contribution in [2.75, 3.05) is 18.1 Å². The molecule has 8 heteroatoms. The fourth-order valence-corrected chi connectivity index (χ4v) is 4.99. The van der Waals surface area contributed by atoms with E-state index in [-0.39, 0.29) is 30.2 Å². The number of carbonyl (C=O) groups is 2. The standard InChI is InChI=1S/C21H23NO6S/c23-13-17-6-8-18(9-7-17)21(25)28-14-20(24)22(12-16-4-2-1-3-5-16)19-10-11-29(26,27)15-19/h1-9,19,23H,10-15H2/t19-/m1/s1. The monoisotopic (exact) mass is 417 g/mol. The fourth-order valence-electron chi connectivity index (χ4n) is 3.26. The predicted molar refractivity (Wildman–Crippen MR) is 107 cm³/mol. The van der Waals surface area contributed by atoms with Crippen LogP contribution in [0.4, 0.5) is 0 Å². The average molecular weight is 417 g/mol. The summed E-state index contributed by atoms with van der Waals surface area (Å²) in [6.45, 7) is -0.348. The molecule has 1 fully saturated rings. The molecule has 0 aromatic heterocycles. The molecule has 0 unspecified atom stereocenters. The Morgan fingerprint density at radius 2 is 1.72 bits per heavy atom. The number of hydrogen-bond acceptors (Lipinski definition) is 6. The van der Waals surface area contributed by atoms with E-state index in [0.717, 1.165) is 5.56 Å². The van der Waals surface area contributed by atoms with Gasteiger partial charge in [-0.15, -0.1) is 0 Å². The van der Waals surface area contributed by atoms with Crippen LogP contribution in [0.5, 0.6) is 0 Å². The zero-order chi connectivity index (χ0) is 20.9. The Morgan fingerprint density at radius 3 is 2.31 bits per heavy atom. The van der Waals surface area contributed by atoms with Gasteiger partial charge in [0.25, 0.3) is 5.91 Å². The minimum Gasteiger partial charge on any atom is -0.452 e. The Balaban J connectivity index is 1.67. The second-order valence-electron chi connectivity index (χ2n) is 7.00. The van der Waals surface area contributed by atoms with E-state index in [1.807, 2.05) is 30.3 Å². The van der Waals surface area contributed by atoms with E-state index in [4.69, 9.17) is 9.84 Å². The van der Waals surface area contributed by atoms with Gasteiger partial charge in [0.1, 0.15) is 0 Å². The molecule has 0 radical (unpaired) electrons. The third kappa shape index (κ3) is 5.65. The number of amides is 1. The van der Waals surface area contributed by atoms with E-state index in [0.29, 0.717) is 12.0 Å². The summed E-state index contributed by atoms with van der Waals surface area (Å²) in [6.07, 6.45) is 0.372. The number of benzene rings is 2. The van der Waals surface area contributed by atoms with Crippen molar-refractivity contribution in [3.8, 4) is 0 Å².